The minimum Gasteiger partial charge on any atom is -0.379 e. The molecule has 0 amide bonds. The van der Waals surface area contributed by atoms with E-state index in [1.165, 1.54) is 12.8 Å². The molecule has 1 aliphatic rings. The monoisotopic (exact) mass is 255 g/mol. The third-order valence-electron chi connectivity index (χ3n) is 2.81. The molecule has 1 aliphatic carbocycles. The van der Waals surface area contributed by atoms with Crippen LogP contribution in [-0.2, 0) is 10.6 Å². The van der Waals surface area contributed by atoms with E-state index in [4.69, 9.17) is 16.3 Å². The summed E-state index contributed by atoms with van der Waals surface area (Å²) in [7, 11) is 1.97. The van der Waals surface area contributed by atoms with E-state index < -0.39 is 0 Å². The van der Waals surface area contributed by atoms with Crippen LogP contribution < -0.4 is 4.90 Å². The predicted molar refractivity (Wildman–Crippen MR) is 68.4 cm³/mol. The van der Waals surface area contributed by atoms with Gasteiger partial charge in [0.2, 0.25) is 5.95 Å². The van der Waals surface area contributed by atoms with Crippen LogP contribution in [-0.4, -0.2) is 36.8 Å². The Kier molecular flexibility index (Phi) is 4.57. The molecule has 0 radical (unpaired) electrons. The third kappa shape index (κ3) is 4.13. The first-order chi connectivity index (χ1) is 8.29. The number of halogens is 1. The Morgan fingerprint density at radius 3 is 2.71 bits per heavy atom. The van der Waals surface area contributed by atoms with Gasteiger partial charge in [-0.15, -0.1) is 11.6 Å². The van der Waals surface area contributed by atoms with Crippen molar-refractivity contribution in [1.82, 2.24) is 9.97 Å². The molecule has 5 heteroatoms. The van der Waals surface area contributed by atoms with Crippen LogP contribution in [0.2, 0.25) is 0 Å². The Morgan fingerprint density at radius 1 is 1.41 bits per heavy atom. The van der Waals surface area contributed by atoms with Gasteiger partial charge >= 0.3 is 0 Å². The number of alkyl halides is 1. The minimum atomic E-state index is 0.453. The first kappa shape index (κ1) is 12.6. The topological polar surface area (TPSA) is 38.2 Å². The van der Waals surface area contributed by atoms with Crippen molar-refractivity contribution in [3.8, 4) is 0 Å². The summed E-state index contributed by atoms with van der Waals surface area (Å²) in [6, 6.07) is 0. The molecule has 0 bridgehead atoms. The lowest BCUT2D eigenvalue weighted by Gasteiger charge is -2.16. The van der Waals surface area contributed by atoms with Crippen LogP contribution in [0.1, 0.15) is 18.4 Å². The molecule has 0 atom stereocenters. The van der Waals surface area contributed by atoms with Crippen molar-refractivity contribution in [3.63, 3.8) is 0 Å². The van der Waals surface area contributed by atoms with E-state index in [9.17, 15) is 0 Å². The molecule has 0 aromatic carbocycles. The fourth-order valence-corrected chi connectivity index (χ4v) is 1.59. The number of hydrogen-bond donors (Lipinski definition) is 0. The normalized spacial score (nSPS) is 14.9. The summed E-state index contributed by atoms with van der Waals surface area (Å²) in [5.74, 6) is 1.99. The SMILES string of the molecule is CN(CCOCC1CC1)c1ncc(CCl)cn1. The van der Waals surface area contributed by atoms with Crippen molar-refractivity contribution in [1.29, 1.82) is 0 Å². The van der Waals surface area contributed by atoms with Gasteiger partial charge in [0.25, 0.3) is 0 Å². The number of nitrogens with zero attached hydrogens (tertiary/aromatic N) is 3. The van der Waals surface area contributed by atoms with Crippen LogP contribution in [0.4, 0.5) is 5.95 Å². The summed E-state index contributed by atoms with van der Waals surface area (Å²) in [6.07, 6.45) is 6.19. The molecule has 17 heavy (non-hydrogen) atoms. The lowest BCUT2D eigenvalue weighted by atomic mass is 10.4. The minimum absolute atomic E-state index is 0.453. The zero-order valence-electron chi connectivity index (χ0n) is 10.1. The van der Waals surface area contributed by atoms with E-state index in [0.29, 0.717) is 11.8 Å². The average Bonchev–Trinajstić information content (AvgIpc) is 3.18. The fraction of sp³-hybridized carbons (Fsp3) is 0.667. The first-order valence-electron chi connectivity index (χ1n) is 5.95. The van der Waals surface area contributed by atoms with Crippen LogP contribution in [0.5, 0.6) is 0 Å². The summed E-state index contributed by atoms with van der Waals surface area (Å²) in [5, 5.41) is 0. The molecule has 4 nitrogen and oxygen atoms in total. The molecule has 0 spiro atoms. The Bertz CT molecular complexity index is 340. The van der Waals surface area contributed by atoms with E-state index in [2.05, 4.69) is 9.97 Å². The number of ether oxygens (including phenoxy) is 1. The lowest BCUT2D eigenvalue weighted by Crippen LogP contribution is -2.24. The molecule has 1 saturated carbocycles. The van der Waals surface area contributed by atoms with Crippen molar-refractivity contribution < 1.29 is 4.74 Å². The van der Waals surface area contributed by atoms with Gasteiger partial charge < -0.3 is 9.64 Å². The van der Waals surface area contributed by atoms with Crippen LogP contribution >= 0.6 is 11.6 Å². The number of likely N-dealkylation sites (N-methyl/N-ethyl adjacent to an activating group) is 1. The van der Waals surface area contributed by atoms with Gasteiger partial charge in [-0.1, -0.05) is 0 Å². The van der Waals surface area contributed by atoms with Crippen molar-refractivity contribution in [3.05, 3.63) is 18.0 Å². The summed E-state index contributed by atoms with van der Waals surface area (Å²) >= 11 is 5.68. The van der Waals surface area contributed by atoms with E-state index in [0.717, 1.165) is 31.2 Å². The van der Waals surface area contributed by atoms with Crippen LogP contribution in [0, 0.1) is 5.92 Å². The van der Waals surface area contributed by atoms with E-state index in [1.807, 2.05) is 11.9 Å². The van der Waals surface area contributed by atoms with E-state index in [1.54, 1.807) is 12.4 Å². The van der Waals surface area contributed by atoms with Crippen LogP contribution in [0.15, 0.2) is 12.4 Å². The van der Waals surface area contributed by atoms with Gasteiger partial charge in [-0.3, -0.25) is 0 Å². The number of hydrogen-bond acceptors (Lipinski definition) is 4. The second-order valence-corrected chi connectivity index (χ2v) is 4.73. The highest BCUT2D eigenvalue weighted by atomic mass is 35.5. The Morgan fingerprint density at radius 2 is 2.12 bits per heavy atom. The molecule has 1 aromatic rings. The molecule has 0 N–H and O–H groups in total. The Labute approximate surface area is 107 Å². The molecule has 0 unspecified atom stereocenters. The Balaban J connectivity index is 1.71. The van der Waals surface area contributed by atoms with Gasteiger partial charge in [0, 0.05) is 38.2 Å². The molecule has 1 fully saturated rings. The number of rotatable bonds is 7. The predicted octanol–water partition coefficient (Wildman–Crippen LogP) is 2.08. The third-order valence-corrected chi connectivity index (χ3v) is 3.12. The van der Waals surface area contributed by atoms with Gasteiger partial charge in [-0.05, 0) is 18.8 Å². The molecule has 0 saturated heterocycles. The molecule has 0 aliphatic heterocycles. The Hall–Kier alpha value is -0.870. The second-order valence-electron chi connectivity index (χ2n) is 4.46. The average molecular weight is 256 g/mol. The standard InChI is InChI=1S/C12H18ClN3O/c1-16(4-5-17-9-10-2-3-10)12-14-7-11(6-13)8-15-12/h7-8,10H,2-6,9H2,1H3. The zero-order chi connectivity index (χ0) is 12.1. The summed E-state index contributed by atoms with van der Waals surface area (Å²) < 4.78 is 5.58. The molecular weight excluding hydrogens is 238 g/mol. The largest absolute Gasteiger partial charge is 0.379 e. The van der Waals surface area contributed by atoms with Gasteiger partial charge in [0.15, 0.2) is 0 Å². The second kappa shape index (κ2) is 6.17. The maximum atomic E-state index is 5.68. The maximum absolute atomic E-state index is 5.68. The van der Waals surface area contributed by atoms with E-state index >= 15 is 0 Å². The first-order valence-corrected chi connectivity index (χ1v) is 6.49. The smallest absolute Gasteiger partial charge is 0.225 e. The number of anilines is 1. The van der Waals surface area contributed by atoms with E-state index in [-0.39, 0.29) is 0 Å². The van der Waals surface area contributed by atoms with Crippen molar-refractivity contribution in [2.75, 3.05) is 31.7 Å². The van der Waals surface area contributed by atoms with Gasteiger partial charge in [0.1, 0.15) is 0 Å². The van der Waals surface area contributed by atoms with Gasteiger partial charge in [-0.2, -0.15) is 0 Å². The number of aromatic nitrogens is 2. The van der Waals surface area contributed by atoms with Crippen LogP contribution in [0.3, 0.4) is 0 Å². The maximum Gasteiger partial charge on any atom is 0.225 e. The fourth-order valence-electron chi connectivity index (χ4n) is 1.45. The molecule has 2 rings (SSSR count). The van der Waals surface area contributed by atoms with Crippen molar-refractivity contribution >= 4 is 17.5 Å². The van der Waals surface area contributed by atoms with Crippen LogP contribution in [0.25, 0.3) is 0 Å². The lowest BCUT2D eigenvalue weighted by molar-refractivity contribution is 0.130. The van der Waals surface area contributed by atoms with Crippen molar-refractivity contribution in [2.45, 2.75) is 18.7 Å². The van der Waals surface area contributed by atoms with Crippen molar-refractivity contribution in [2.24, 2.45) is 5.92 Å². The molecule has 1 aromatic heterocycles. The van der Waals surface area contributed by atoms with Gasteiger partial charge in [0.05, 0.1) is 12.5 Å². The summed E-state index contributed by atoms with van der Waals surface area (Å²) in [4.78, 5) is 10.5. The molecule has 1 heterocycles. The molecular formula is C12H18ClN3O. The zero-order valence-corrected chi connectivity index (χ0v) is 10.9. The summed E-state index contributed by atoms with van der Waals surface area (Å²) in [5.41, 5.74) is 0.939. The van der Waals surface area contributed by atoms with Gasteiger partial charge in [-0.25, -0.2) is 9.97 Å². The summed E-state index contributed by atoms with van der Waals surface area (Å²) in [6.45, 7) is 2.44. The molecule has 94 valence electrons. The quantitative estimate of drug-likeness (QED) is 0.552. The highest BCUT2D eigenvalue weighted by Crippen LogP contribution is 2.28. The highest BCUT2D eigenvalue weighted by molar-refractivity contribution is 6.17. The highest BCUT2D eigenvalue weighted by Gasteiger charge is 2.21.